The number of anilines is 1. The summed E-state index contributed by atoms with van der Waals surface area (Å²) in [7, 11) is 5.71. The van der Waals surface area contributed by atoms with Crippen molar-refractivity contribution in [1.29, 1.82) is 0 Å². The van der Waals surface area contributed by atoms with Gasteiger partial charge in [-0.3, -0.25) is 0 Å². The first-order chi connectivity index (χ1) is 8.61. The van der Waals surface area contributed by atoms with Gasteiger partial charge in [-0.1, -0.05) is 24.7 Å². The van der Waals surface area contributed by atoms with Gasteiger partial charge < -0.3 is 15.0 Å². The molecule has 0 bridgehead atoms. The Morgan fingerprint density at radius 3 is 2.78 bits per heavy atom. The topological polar surface area (TPSA) is 37.4 Å². The molecular formula is C13H23N3OS. The molecule has 5 heteroatoms. The van der Waals surface area contributed by atoms with Gasteiger partial charge in [-0.2, -0.15) is 4.98 Å². The zero-order valence-electron chi connectivity index (χ0n) is 11.7. The zero-order valence-corrected chi connectivity index (χ0v) is 12.5. The van der Waals surface area contributed by atoms with E-state index in [1.165, 1.54) is 24.1 Å². The molecule has 1 N–H and O–H groups in total. The molecule has 2 atom stereocenters. The SMILES string of the molecule is COc1nc(N(C)C)sc1CNC1CCCC1C. The van der Waals surface area contributed by atoms with Gasteiger partial charge in [0.2, 0.25) is 5.88 Å². The predicted octanol–water partition coefficient (Wildman–Crippen LogP) is 2.50. The van der Waals surface area contributed by atoms with Gasteiger partial charge >= 0.3 is 0 Å². The van der Waals surface area contributed by atoms with E-state index in [0.717, 1.165) is 23.5 Å². The molecule has 1 aromatic heterocycles. The number of aromatic nitrogens is 1. The minimum atomic E-state index is 0.652. The van der Waals surface area contributed by atoms with Crippen LogP contribution in [0.15, 0.2) is 0 Å². The van der Waals surface area contributed by atoms with E-state index in [1.807, 2.05) is 19.0 Å². The molecule has 1 aliphatic rings. The average Bonchev–Trinajstić information content (AvgIpc) is 2.92. The third-order valence-corrected chi connectivity index (χ3v) is 4.82. The number of thiazole rings is 1. The van der Waals surface area contributed by atoms with Crippen LogP contribution in [0.1, 0.15) is 31.1 Å². The van der Waals surface area contributed by atoms with Crippen LogP contribution in [0, 0.1) is 5.92 Å². The summed E-state index contributed by atoms with van der Waals surface area (Å²) < 4.78 is 5.35. The van der Waals surface area contributed by atoms with Crippen molar-refractivity contribution in [3.8, 4) is 5.88 Å². The molecule has 1 fully saturated rings. The Labute approximate surface area is 113 Å². The Morgan fingerprint density at radius 1 is 1.44 bits per heavy atom. The Balaban J connectivity index is 1.99. The van der Waals surface area contributed by atoms with Gasteiger partial charge in [0.1, 0.15) is 0 Å². The maximum Gasteiger partial charge on any atom is 0.230 e. The lowest BCUT2D eigenvalue weighted by Gasteiger charge is -2.16. The molecule has 1 aliphatic carbocycles. The minimum absolute atomic E-state index is 0.652. The number of ether oxygens (including phenoxy) is 1. The van der Waals surface area contributed by atoms with Crippen LogP contribution in [0.5, 0.6) is 5.88 Å². The largest absolute Gasteiger partial charge is 0.480 e. The van der Waals surface area contributed by atoms with Gasteiger partial charge in [0.15, 0.2) is 5.13 Å². The van der Waals surface area contributed by atoms with Crippen molar-refractivity contribution < 1.29 is 4.74 Å². The maximum atomic E-state index is 5.35. The molecule has 2 rings (SSSR count). The first kappa shape index (κ1) is 13.6. The van der Waals surface area contributed by atoms with Gasteiger partial charge in [-0.05, 0) is 18.8 Å². The van der Waals surface area contributed by atoms with Crippen LogP contribution in [-0.2, 0) is 6.54 Å². The van der Waals surface area contributed by atoms with E-state index in [-0.39, 0.29) is 0 Å². The zero-order chi connectivity index (χ0) is 13.1. The first-order valence-corrected chi connectivity index (χ1v) is 7.38. The summed E-state index contributed by atoms with van der Waals surface area (Å²) in [6.45, 7) is 3.20. The molecule has 0 aliphatic heterocycles. The third kappa shape index (κ3) is 2.95. The summed E-state index contributed by atoms with van der Waals surface area (Å²) in [6.07, 6.45) is 3.99. The second-order valence-corrected chi connectivity index (χ2v) is 6.28. The monoisotopic (exact) mass is 269 g/mol. The van der Waals surface area contributed by atoms with E-state index in [9.17, 15) is 0 Å². The first-order valence-electron chi connectivity index (χ1n) is 6.56. The molecule has 4 nitrogen and oxygen atoms in total. The fourth-order valence-corrected chi connectivity index (χ4v) is 3.36. The van der Waals surface area contributed by atoms with E-state index in [0.29, 0.717) is 6.04 Å². The number of nitrogens with one attached hydrogen (secondary N) is 1. The van der Waals surface area contributed by atoms with Crippen LogP contribution in [0.25, 0.3) is 0 Å². The summed E-state index contributed by atoms with van der Waals surface area (Å²) in [5.41, 5.74) is 0. The van der Waals surface area contributed by atoms with Crippen molar-refractivity contribution in [2.24, 2.45) is 5.92 Å². The lowest BCUT2D eigenvalue weighted by molar-refractivity contribution is 0.386. The quantitative estimate of drug-likeness (QED) is 0.891. The standard InChI is InChI=1S/C13H23N3OS/c1-9-6-5-7-10(9)14-8-11-12(17-4)15-13(18-11)16(2)3/h9-10,14H,5-8H2,1-4H3. The molecule has 1 saturated carbocycles. The van der Waals surface area contributed by atoms with Crippen molar-refractivity contribution in [3.05, 3.63) is 4.88 Å². The van der Waals surface area contributed by atoms with Gasteiger partial charge in [-0.15, -0.1) is 0 Å². The fourth-order valence-electron chi connectivity index (χ4n) is 2.46. The number of hydrogen-bond acceptors (Lipinski definition) is 5. The van der Waals surface area contributed by atoms with Gasteiger partial charge in [0.25, 0.3) is 0 Å². The highest BCUT2D eigenvalue weighted by atomic mass is 32.1. The van der Waals surface area contributed by atoms with Gasteiger partial charge in [0, 0.05) is 26.7 Å². The van der Waals surface area contributed by atoms with E-state index in [2.05, 4.69) is 17.2 Å². The van der Waals surface area contributed by atoms with E-state index >= 15 is 0 Å². The molecule has 0 saturated heterocycles. The summed E-state index contributed by atoms with van der Waals surface area (Å²) >= 11 is 1.70. The van der Waals surface area contributed by atoms with Crippen molar-refractivity contribution in [2.45, 2.75) is 38.8 Å². The normalized spacial score (nSPS) is 23.3. The highest BCUT2D eigenvalue weighted by molar-refractivity contribution is 7.15. The molecule has 0 aromatic carbocycles. The second kappa shape index (κ2) is 5.89. The van der Waals surface area contributed by atoms with E-state index in [4.69, 9.17) is 4.74 Å². The van der Waals surface area contributed by atoms with E-state index < -0.39 is 0 Å². The van der Waals surface area contributed by atoms with Crippen LogP contribution in [0.4, 0.5) is 5.13 Å². The van der Waals surface area contributed by atoms with E-state index in [1.54, 1.807) is 18.4 Å². The molecule has 2 unspecified atom stereocenters. The molecule has 0 radical (unpaired) electrons. The summed E-state index contributed by atoms with van der Waals surface area (Å²) in [5.74, 6) is 1.55. The fraction of sp³-hybridized carbons (Fsp3) is 0.769. The Hall–Kier alpha value is -0.810. The highest BCUT2D eigenvalue weighted by Crippen LogP contribution is 2.31. The molecule has 0 amide bonds. The summed E-state index contributed by atoms with van der Waals surface area (Å²) in [4.78, 5) is 7.69. The Morgan fingerprint density at radius 2 is 2.22 bits per heavy atom. The number of hydrogen-bond donors (Lipinski definition) is 1. The Kier molecular flexibility index (Phi) is 4.45. The van der Waals surface area contributed by atoms with Crippen molar-refractivity contribution in [2.75, 3.05) is 26.1 Å². The van der Waals surface area contributed by atoms with Crippen LogP contribution in [-0.4, -0.2) is 32.2 Å². The van der Waals surface area contributed by atoms with Gasteiger partial charge in [0.05, 0.1) is 12.0 Å². The second-order valence-electron chi connectivity index (χ2n) is 5.22. The van der Waals surface area contributed by atoms with Crippen molar-refractivity contribution >= 4 is 16.5 Å². The van der Waals surface area contributed by atoms with Crippen molar-refractivity contribution in [3.63, 3.8) is 0 Å². The maximum absolute atomic E-state index is 5.35. The average molecular weight is 269 g/mol. The van der Waals surface area contributed by atoms with Gasteiger partial charge in [-0.25, -0.2) is 0 Å². The smallest absolute Gasteiger partial charge is 0.230 e. The molecule has 0 spiro atoms. The van der Waals surface area contributed by atoms with Crippen LogP contribution in [0.3, 0.4) is 0 Å². The third-order valence-electron chi connectivity index (χ3n) is 3.61. The number of rotatable bonds is 5. The lowest BCUT2D eigenvalue weighted by atomic mass is 10.1. The molecule has 102 valence electrons. The molecule has 1 heterocycles. The molecule has 18 heavy (non-hydrogen) atoms. The summed E-state index contributed by atoms with van der Waals surface area (Å²) in [5, 5.41) is 4.65. The molecule has 1 aromatic rings. The van der Waals surface area contributed by atoms with Crippen LogP contribution < -0.4 is 15.0 Å². The lowest BCUT2D eigenvalue weighted by Crippen LogP contribution is -2.30. The van der Waals surface area contributed by atoms with Crippen molar-refractivity contribution in [1.82, 2.24) is 10.3 Å². The number of nitrogens with zero attached hydrogens (tertiary/aromatic N) is 2. The summed E-state index contributed by atoms with van der Waals surface area (Å²) in [6, 6.07) is 0.652. The Bertz CT molecular complexity index is 392. The number of methoxy groups -OCH3 is 1. The predicted molar refractivity (Wildman–Crippen MR) is 76.6 cm³/mol. The minimum Gasteiger partial charge on any atom is -0.480 e. The highest BCUT2D eigenvalue weighted by Gasteiger charge is 2.23. The van der Waals surface area contributed by atoms with Crippen LogP contribution >= 0.6 is 11.3 Å². The molecular weight excluding hydrogens is 246 g/mol. The van der Waals surface area contributed by atoms with Crippen LogP contribution in [0.2, 0.25) is 0 Å².